The highest BCUT2D eigenvalue weighted by Crippen LogP contribution is 2.25. The molecule has 3 atom stereocenters. The van der Waals surface area contributed by atoms with Crippen LogP contribution in [0.5, 0.6) is 0 Å². The lowest BCUT2D eigenvalue weighted by Gasteiger charge is -2.36. The van der Waals surface area contributed by atoms with Crippen molar-refractivity contribution in [1.29, 1.82) is 0 Å². The molecule has 2 aliphatic heterocycles. The number of carbonyl (C=O) groups is 1. The first-order valence-electron chi connectivity index (χ1n) is 9.09. The minimum Gasteiger partial charge on any atom is -0.314 e. The van der Waals surface area contributed by atoms with Crippen molar-refractivity contribution in [3.05, 3.63) is 33.8 Å². The van der Waals surface area contributed by atoms with E-state index in [9.17, 15) is 13.2 Å². The summed E-state index contributed by atoms with van der Waals surface area (Å²) >= 11 is 12.0. The molecule has 2 saturated heterocycles. The highest BCUT2D eigenvalue weighted by atomic mass is 35.5. The third-order valence-corrected chi connectivity index (χ3v) is 7.66. The van der Waals surface area contributed by atoms with Crippen LogP contribution in [-0.4, -0.2) is 75.4 Å². The maximum absolute atomic E-state index is 13.2. The van der Waals surface area contributed by atoms with E-state index in [2.05, 4.69) is 10.6 Å². The maximum atomic E-state index is 13.2. The quantitative estimate of drug-likeness (QED) is 0.700. The number of rotatable bonds is 6. The standard InChI is InChI=1S/C18H25Cl2N3O3S/c1-27(25,26)13-4-7-23(11-13)18(16-10-21-5-6-22-16)17(24)9-12-2-3-14(19)15(20)8-12/h2-3,8,13,16,18,21-22H,4-7,9-11H2,1H3/t13?,16-,18?/m1/s1. The highest BCUT2D eigenvalue weighted by Gasteiger charge is 2.40. The summed E-state index contributed by atoms with van der Waals surface area (Å²) in [6, 6.07) is 4.79. The van der Waals surface area contributed by atoms with Crippen LogP contribution in [0, 0.1) is 0 Å². The zero-order valence-electron chi connectivity index (χ0n) is 15.2. The number of hydrogen-bond donors (Lipinski definition) is 2. The van der Waals surface area contributed by atoms with Gasteiger partial charge in [-0.1, -0.05) is 29.3 Å². The van der Waals surface area contributed by atoms with Crippen molar-refractivity contribution >= 4 is 38.8 Å². The smallest absolute Gasteiger partial charge is 0.155 e. The number of benzene rings is 1. The van der Waals surface area contributed by atoms with Gasteiger partial charge < -0.3 is 10.6 Å². The van der Waals surface area contributed by atoms with Gasteiger partial charge >= 0.3 is 0 Å². The third kappa shape index (κ3) is 5.22. The molecular weight excluding hydrogens is 409 g/mol. The predicted octanol–water partition coefficient (Wildman–Crippen LogP) is 1.15. The first-order valence-corrected chi connectivity index (χ1v) is 11.8. The molecule has 0 radical (unpaired) electrons. The van der Waals surface area contributed by atoms with Gasteiger partial charge in [0.15, 0.2) is 15.6 Å². The van der Waals surface area contributed by atoms with Crippen LogP contribution in [0.4, 0.5) is 0 Å². The van der Waals surface area contributed by atoms with Crippen molar-refractivity contribution in [3.63, 3.8) is 0 Å². The van der Waals surface area contributed by atoms with Gasteiger partial charge in [0, 0.05) is 51.4 Å². The average molecular weight is 434 g/mol. The van der Waals surface area contributed by atoms with Gasteiger partial charge in [0.25, 0.3) is 0 Å². The molecule has 0 spiro atoms. The number of halogens is 2. The average Bonchev–Trinajstić information content (AvgIpc) is 3.09. The molecule has 6 nitrogen and oxygen atoms in total. The second kappa shape index (κ2) is 8.76. The predicted molar refractivity (Wildman–Crippen MR) is 108 cm³/mol. The van der Waals surface area contributed by atoms with E-state index < -0.39 is 15.1 Å². The summed E-state index contributed by atoms with van der Waals surface area (Å²) in [5.74, 6) is 0.0590. The van der Waals surface area contributed by atoms with Gasteiger partial charge in [0.2, 0.25) is 0 Å². The number of ketones is 1. The molecule has 1 aromatic carbocycles. The number of Topliss-reactive ketones (excluding diaryl/α,β-unsaturated/α-hetero) is 1. The van der Waals surface area contributed by atoms with Crippen molar-refractivity contribution in [1.82, 2.24) is 15.5 Å². The van der Waals surface area contributed by atoms with Gasteiger partial charge in [0.1, 0.15) is 0 Å². The summed E-state index contributed by atoms with van der Waals surface area (Å²) in [7, 11) is -3.12. The molecule has 0 amide bonds. The Labute approximate surface area is 170 Å². The SMILES string of the molecule is CS(=O)(=O)C1CCN(C(C(=O)Cc2ccc(Cl)c(Cl)c2)[C@H]2CNCCN2)C1. The number of likely N-dealkylation sites (tertiary alicyclic amines) is 1. The Hall–Kier alpha value is -0.700. The van der Waals surface area contributed by atoms with E-state index in [4.69, 9.17) is 23.2 Å². The van der Waals surface area contributed by atoms with Crippen molar-refractivity contribution in [2.24, 2.45) is 0 Å². The lowest BCUT2D eigenvalue weighted by molar-refractivity contribution is -0.124. The molecule has 3 rings (SSSR count). The molecule has 2 N–H and O–H groups in total. The van der Waals surface area contributed by atoms with Gasteiger partial charge in [-0.25, -0.2) is 8.42 Å². The van der Waals surface area contributed by atoms with Crippen LogP contribution in [0.3, 0.4) is 0 Å². The maximum Gasteiger partial charge on any atom is 0.155 e. The first kappa shape index (κ1) is 21.0. The molecule has 150 valence electrons. The van der Waals surface area contributed by atoms with Gasteiger partial charge in [0.05, 0.1) is 21.3 Å². The Kier molecular flexibility index (Phi) is 6.82. The topological polar surface area (TPSA) is 78.5 Å². The fourth-order valence-electron chi connectivity index (χ4n) is 3.89. The van der Waals surface area contributed by atoms with Crippen LogP contribution in [-0.2, 0) is 21.1 Å². The number of hydrogen-bond acceptors (Lipinski definition) is 6. The number of carbonyl (C=O) groups excluding carboxylic acids is 1. The van der Waals surface area contributed by atoms with Crippen LogP contribution < -0.4 is 10.6 Å². The lowest BCUT2D eigenvalue weighted by Crippen LogP contribution is -2.61. The Morgan fingerprint density at radius 1 is 1.30 bits per heavy atom. The van der Waals surface area contributed by atoms with Gasteiger partial charge in [-0.05, 0) is 24.1 Å². The van der Waals surface area contributed by atoms with E-state index in [1.54, 1.807) is 18.2 Å². The molecule has 2 heterocycles. The molecule has 27 heavy (non-hydrogen) atoms. The van der Waals surface area contributed by atoms with Crippen molar-refractivity contribution in [3.8, 4) is 0 Å². The Morgan fingerprint density at radius 2 is 2.07 bits per heavy atom. The zero-order valence-corrected chi connectivity index (χ0v) is 17.6. The molecule has 1 aromatic rings. The van der Waals surface area contributed by atoms with Gasteiger partial charge in [-0.2, -0.15) is 0 Å². The fourth-order valence-corrected chi connectivity index (χ4v) is 5.21. The molecule has 2 aliphatic rings. The monoisotopic (exact) mass is 433 g/mol. The van der Waals surface area contributed by atoms with E-state index in [1.165, 1.54) is 6.26 Å². The van der Waals surface area contributed by atoms with Crippen molar-refractivity contribution in [2.75, 3.05) is 39.0 Å². The van der Waals surface area contributed by atoms with E-state index >= 15 is 0 Å². The number of sulfone groups is 1. The van der Waals surface area contributed by atoms with E-state index in [-0.39, 0.29) is 24.3 Å². The molecular formula is C18H25Cl2N3O3S. The van der Waals surface area contributed by atoms with Gasteiger partial charge in [-0.15, -0.1) is 0 Å². The van der Waals surface area contributed by atoms with Crippen LogP contribution in [0.15, 0.2) is 18.2 Å². The number of nitrogens with zero attached hydrogens (tertiary/aromatic N) is 1. The number of piperazine rings is 1. The van der Waals surface area contributed by atoms with E-state index in [0.717, 1.165) is 18.7 Å². The molecule has 0 aliphatic carbocycles. The first-order chi connectivity index (χ1) is 12.8. The molecule has 0 saturated carbocycles. The summed E-state index contributed by atoms with van der Waals surface area (Å²) in [6.07, 6.45) is 2.07. The third-order valence-electron chi connectivity index (χ3n) is 5.32. The largest absolute Gasteiger partial charge is 0.314 e. The van der Waals surface area contributed by atoms with Crippen molar-refractivity contribution < 1.29 is 13.2 Å². The summed E-state index contributed by atoms with van der Waals surface area (Å²) in [5, 5.41) is 7.21. The number of nitrogens with one attached hydrogen (secondary N) is 2. The second-order valence-corrected chi connectivity index (χ2v) is 10.5. The molecule has 9 heteroatoms. The minimum atomic E-state index is -3.12. The van der Waals surface area contributed by atoms with Crippen molar-refractivity contribution in [2.45, 2.75) is 30.2 Å². The fraction of sp³-hybridized carbons (Fsp3) is 0.611. The Bertz CT molecular complexity index is 797. The molecule has 0 aromatic heterocycles. The summed E-state index contributed by atoms with van der Waals surface area (Å²) in [4.78, 5) is 15.2. The van der Waals surface area contributed by atoms with E-state index in [0.29, 0.717) is 36.1 Å². The minimum absolute atomic E-state index is 0.0488. The Morgan fingerprint density at radius 3 is 2.67 bits per heavy atom. The summed E-state index contributed by atoms with van der Waals surface area (Å²) < 4.78 is 23.9. The molecule has 2 unspecified atom stereocenters. The van der Waals surface area contributed by atoms with Crippen LogP contribution >= 0.6 is 23.2 Å². The van der Waals surface area contributed by atoms with E-state index in [1.807, 2.05) is 4.90 Å². The summed E-state index contributed by atoms with van der Waals surface area (Å²) in [5.41, 5.74) is 0.807. The second-order valence-electron chi connectivity index (χ2n) is 7.34. The van der Waals surface area contributed by atoms with Crippen LogP contribution in [0.2, 0.25) is 10.0 Å². The van der Waals surface area contributed by atoms with Crippen LogP contribution in [0.25, 0.3) is 0 Å². The van der Waals surface area contributed by atoms with Crippen LogP contribution in [0.1, 0.15) is 12.0 Å². The molecule has 0 bridgehead atoms. The summed E-state index contributed by atoms with van der Waals surface area (Å²) in [6.45, 7) is 3.32. The van der Waals surface area contributed by atoms with Gasteiger partial charge in [-0.3, -0.25) is 9.69 Å². The molecule has 2 fully saturated rings. The normalized spacial score (nSPS) is 25.4. The Balaban J connectivity index is 1.79. The highest BCUT2D eigenvalue weighted by molar-refractivity contribution is 7.91. The zero-order chi connectivity index (χ0) is 19.6. The lowest BCUT2D eigenvalue weighted by atomic mass is 9.95.